The maximum Gasteiger partial charge on any atom is 0.411 e. The Morgan fingerprint density at radius 1 is 1.06 bits per heavy atom. The topological polar surface area (TPSA) is 101 Å². The maximum absolute atomic E-state index is 13.4. The Morgan fingerprint density at radius 2 is 1.86 bits per heavy atom. The van der Waals surface area contributed by atoms with Crippen molar-refractivity contribution in [2.75, 3.05) is 5.32 Å². The summed E-state index contributed by atoms with van der Waals surface area (Å²) in [4.78, 5) is 43.7. The lowest BCUT2D eigenvalue weighted by Gasteiger charge is -2.24. The molecule has 2 heterocycles. The van der Waals surface area contributed by atoms with E-state index in [2.05, 4.69) is 15.6 Å². The van der Waals surface area contributed by atoms with Gasteiger partial charge in [0.2, 0.25) is 11.8 Å². The SMILES string of the molecule is CCC(=O)Nc1ccc(C2OC(=O)N(Cc3cccc(C)c3)C2C(=O)NCc2ccccn2)cc1. The van der Waals surface area contributed by atoms with E-state index in [0.717, 1.165) is 11.1 Å². The van der Waals surface area contributed by atoms with Crippen molar-refractivity contribution in [1.82, 2.24) is 15.2 Å². The Kier molecular flexibility index (Phi) is 7.40. The molecule has 1 aliphatic rings. The van der Waals surface area contributed by atoms with Crippen LogP contribution in [0.2, 0.25) is 0 Å². The van der Waals surface area contributed by atoms with Gasteiger partial charge in [0, 0.05) is 18.3 Å². The normalized spacial score (nSPS) is 17.1. The largest absolute Gasteiger partial charge is 0.438 e. The molecule has 2 atom stereocenters. The van der Waals surface area contributed by atoms with Gasteiger partial charge >= 0.3 is 6.09 Å². The molecule has 0 radical (unpaired) electrons. The van der Waals surface area contributed by atoms with Gasteiger partial charge in [-0.25, -0.2) is 4.79 Å². The number of amides is 3. The average molecular weight is 473 g/mol. The summed E-state index contributed by atoms with van der Waals surface area (Å²) in [6.45, 7) is 4.23. The zero-order valence-corrected chi connectivity index (χ0v) is 19.7. The zero-order valence-electron chi connectivity index (χ0n) is 19.7. The molecule has 1 aliphatic heterocycles. The van der Waals surface area contributed by atoms with Crippen LogP contribution in [0, 0.1) is 6.92 Å². The van der Waals surface area contributed by atoms with E-state index in [4.69, 9.17) is 4.74 Å². The van der Waals surface area contributed by atoms with E-state index in [1.165, 1.54) is 4.90 Å². The minimum absolute atomic E-state index is 0.0962. The molecule has 35 heavy (non-hydrogen) atoms. The van der Waals surface area contributed by atoms with E-state index in [0.29, 0.717) is 23.4 Å². The van der Waals surface area contributed by atoms with E-state index < -0.39 is 18.2 Å². The van der Waals surface area contributed by atoms with Crippen LogP contribution in [0.15, 0.2) is 72.9 Å². The summed E-state index contributed by atoms with van der Waals surface area (Å²) < 4.78 is 5.71. The van der Waals surface area contributed by atoms with Crippen LogP contribution in [-0.4, -0.2) is 33.8 Å². The number of aryl methyl sites for hydroxylation is 1. The highest BCUT2D eigenvalue weighted by molar-refractivity contribution is 5.91. The number of ether oxygens (including phenoxy) is 1. The molecule has 2 aromatic carbocycles. The van der Waals surface area contributed by atoms with Crippen molar-refractivity contribution in [2.24, 2.45) is 0 Å². The minimum atomic E-state index is -0.872. The average Bonchev–Trinajstić information content (AvgIpc) is 3.19. The molecule has 180 valence electrons. The third-order valence-corrected chi connectivity index (χ3v) is 5.80. The number of carbonyl (C=O) groups excluding carboxylic acids is 3. The number of hydrogen-bond acceptors (Lipinski definition) is 5. The summed E-state index contributed by atoms with van der Waals surface area (Å²) in [5.74, 6) is -0.427. The Morgan fingerprint density at radius 3 is 2.54 bits per heavy atom. The molecule has 0 aliphatic carbocycles. The highest BCUT2D eigenvalue weighted by Gasteiger charge is 2.46. The van der Waals surface area contributed by atoms with Gasteiger partial charge < -0.3 is 15.4 Å². The molecular weight excluding hydrogens is 444 g/mol. The molecule has 0 bridgehead atoms. The molecule has 8 nitrogen and oxygen atoms in total. The van der Waals surface area contributed by atoms with E-state index in [9.17, 15) is 14.4 Å². The van der Waals surface area contributed by atoms with Gasteiger partial charge in [0.15, 0.2) is 12.1 Å². The highest BCUT2D eigenvalue weighted by Crippen LogP contribution is 2.34. The molecule has 4 rings (SSSR count). The van der Waals surface area contributed by atoms with Crippen LogP contribution in [-0.2, 0) is 27.4 Å². The standard InChI is InChI=1S/C27H28N4O4/c1-3-23(32)30-21-12-10-20(11-13-21)25-24(26(33)29-16-22-9-4-5-14-28-22)31(27(34)35-25)17-19-8-6-7-18(2)15-19/h4-15,24-25H,3,16-17H2,1-2H3,(H,29,33)(H,30,32). The third kappa shape index (κ3) is 5.84. The number of rotatable bonds is 8. The van der Waals surface area contributed by atoms with Crippen LogP contribution < -0.4 is 10.6 Å². The van der Waals surface area contributed by atoms with Crippen molar-refractivity contribution in [3.8, 4) is 0 Å². The monoisotopic (exact) mass is 472 g/mol. The van der Waals surface area contributed by atoms with Crippen molar-refractivity contribution in [1.29, 1.82) is 0 Å². The Balaban J connectivity index is 1.59. The molecule has 8 heteroatoms. The predicted octanol–water partition coefficient (Wildman–Crippen LogP) is 4.12. The number of hydrogen-bond donors (Lipinski definition) is 2. The van der Waals surface area contributed by atoms with Gasteiger partial charge in [-0.2, -0.15) is 0 Å². The van der Waals surface area contributed by atoms with E-state index in [1.807, 2.05) is 43.3 Å². The molecule has 3 aromatic rings. The number of nitrogens with one attached hydrogen (secondary N) is 2. The number of aromatic nitrogens is 1. The molecule has 0 spiro atoms. The number of pyridine rings is 1. The number of nitrogens with zero attached hydrogens (tertiary/aromatic N) is 2. The summed E-state index contributed by atoms with van der Waals surface area (Å²) in [5.41, 5.74) is 3.98. The number of anilines is 1. The molecule has 1 fully saturated rings. The first kappa shape index (κ1) is 23.9. The van der Waals surface area contributed by atoms with Crippen molar-refractivity contribution in [3.63, 3.8) is 0 Å². The molecular formula is C27H28N4O4. The van der Waals surface area contributed by atoms with Gasteiger partial charge in [0.25, 0.3) is 0 Å². The number of benzene rings is 2. The highest BCUT2D eigenvalue weighted by atomic mass is 16.6. The van der Waals surface area contributed by atoms with E-state index in [1.54, 1.807) is 43.5 Å². The fourth-order valence-electron chi connectivity index (χ4n) is 4.01. The summed E-state index contributed by atoms with van der Waals surface area (Å²) in [6, 6.07) is 19.4. The third-order valence-electron chi connectivity index (χ3n) is 5.80. The molecule has 2 N–H and O–H groups in total. The smallest absolute Gasteiger partial charge is 0.411 e. The van der Waals surface area contributed by atoms with Crippen molar-refractivity contribution in [3.05, 3.63) is 95.3 Å². The predicted molar refractivity (Wildman–Crippen MR) is 131 cm³/mol. The Bertz CT molecular complexity index is 1200. The zero-order chi connectivity index (χ0) is 24.8. The summed E-state index contributed by atoms with van der Waals surface area (Å²) in [6.07, 6.45) is 0.675. The second kappa shape index (κ2) is 10.8. The summed E-state index contributed by atoms with van der Waals surface area (Å²) >= 11 is 0. The van der Waals surface area contributed by atoms with Gasteiger partial charge in [-0.3, -0.25) is 19.5 Å². The van der Waals surface area contributed by atoms with E-state index >= 15 is 0 Å². The molecule has 3 amide bonds. The van der Waals surface area contributed by atoms with Crippen LogP contribution in [0.4, 0.5) is 10.5 Å². The number of carbonyl (C=O) groups is 3. The van der Waals surface area contributed by atoms with Crippen LogP contribution in [0.5, 0.6) is 0 Å². The molecule has 2 unspecified atom stereocenters. The minimum Gasteiger partial charge on any atom is -0.438 e. The Labute approximate surface area is 204 Å². The Hall–Kier alpha value is -4.20. The van der Waals surface area contributed by atoms with Crippen molar-refractivity contribution in [2.45, 2.75) is 45.5 Å². The molecule has 1 aromatic heterocycles. The summed E-state index contributed by atoms with van der Waals surface area (Å²) in [7, 11) is 0. The van der Waals surface area contributed by atoms with Gasteiger partial charge in [-0.1, -0.05) is 55.0 Å². The second-order valence-electron chi connectivity index (χ2n) is 8.43. The van der Waals surface area contributed by atoms with E-state index in [-0.39, 0.29) is 24.9 Å². The first-order valence-corrected chi connectivity index (χ1v) is 11.5. The van der Waals surface area contributed by atoms with Crippen LogP contribution >= 0.6 is 0 Å². The quantitative estimate of drug-likeness (QED) is 0.514. The van der Waals surface area contributed by atoms with Crippen molar-refractivity contribution < 1.29 is 19.1 Å². The number of cyclic esters (lactones) is 1. The lowest BCUT2D eigenvalue weighted by molar-refractivity contribution is -0.126. The summed E-state index contributed by atoms with van der Waals surface area (Å²) in [5, 5.41) is 5.70. The lowest BCUT2D eigenvalue weighted by Crippen LogP contribution is -2.46. The van der Waals surface area contributed by atoms with Crippen molar-refractivity contribution >= 4 is 23.6 Å². The maximum atomic E-state index is 13.4. The van der Waals surface area contributed by atoms with Gasteiger partial charge in [0.1, 0.15) is 0 Å². The van der Waals surface area contributed by atoms with Crippen LogP contribution in [0.1, 0.15) is 41.8 Å². The second-order valence-corrected chi connectivity index (χ2v) is 8.43. The first-order valence-electron chi connectivity index (χ1n) is 11.5. The fraction of sp³-hybridized carbons (Fsp3) is 0.259. The fourth-order valence-corrected chi connectivity index (χ4v) is 4.01. The van der Waals surface area contributed by atoms with Crippen LogP contribution in [0.3, 0.4) is 0 Å². The molecule has 0 saturated carbocycles. The van der Waals surface area contributed by atoms with Crippen LogP contribution in [0.25, 0.3) is 0 Å². The van der Waals surface area contributed by atoms with Gasteiger partial charge in [-0.15, -0.1) is 0 Å². The molecule has 1 saturated heterocycles. The van der Waals surface area contributed by atoms with Gasteiger partial charge in [-0.05, 0) is 42.3 Å². The lowest BCUT2D eigenvalue weighted by atomic mass is 10.00. The first-order chi connectivity index (χ1) is 16.9. The van der Waals surface area contributed by atoms with Gasteiger partial charge in [0.05, 0.1) is 18.8 Å².